The van der Waals surface area contributed by atoms with Crippen LogP contribution in [0.1, 0.15) is 5.56 Å². The molecule has 0 aliphatic rings. The minimum atomic E-state index is -0.375. The third-order valence-corrected chi connectivity index (χ3v) is 2.20. The van der Waals surface area contributed by atoms with E-state index in [0.717, 1.165) is 0 Å². The van der Waals surface area contributed by atoms with E-state index in [1.54, 1.807) is 12.1 Å². The Labute approximate surface area is 97.4 Å². The van der Waals surface area contributed by atoms with Gasteiger partial charge in [-0.3, -0.25) is 0 Å². The Morgan fingerprint density at radius 1 is 0.941 bits per heavy atom. The SMILES string of the molecule is NC(=Nc1ccc(F)cc1)c1cccc(F)c1. The summed E-state index contributed by atoms with van der Waals surface area (Å²) in [6, 6.07) is 11.4. The van der Waals surface area contributed by atoms with Gasteiger partial charge in [-0.25, -0.2) is 13.8 Å². The summed E-state index contributed by atoms with van der Waals surface area (Å²) in [5.41, 5.74) is 6.74. The summed E-state index contributed by atoms with van der Waals surface area (Å²) >= 11 is 0. The zero-order valence-corrected chi connectivity index (χ0v) is 8.90. The molecule has 2 N–H and O–H groups in total. The normalized spacial score (nSPS) is 11.5. The molecule has 0 saturated heterocycles. The van der Waals surface area contributed by atoms with E-state index in [0.29, 0.717) is 11.3 Å². The van der Waals surface area contributed by atoms with Gasteiger partial charge in [-0.05, 0) is 36.4 Å². The van der Waals surface area contributed by atoms with Gasteiger partial charge in [-0.2, -0.15) is 0 Å². The van der Waals surface area contributed by atoms with Crippen molar-refractivity contribution in [1.29, 1.82) is 0 Å². The third-order valence-electron chi connectivity index (χ3n) is 2.20. The molecule has 0 atom stereocenters. The van der Waals surface area contributed by atoms with Gasteiger partial charge < -0.3 is 5.73 Å². The lowest BCUT2D eigenvalue weighted by Crippen LogP contribution is -2.12. The number of hydrogen-bond acceptors (Lipinski definition) is 1. The summed E-state index contributed by atoms with van der Waals surface area (Å²) in [7, 11) is 0. The number of amidine groups is 1. The summed E-state index contributed by atoms with van der Waals surface area (Å²) in [5, 5.41) is 0. The first-order chi connectivity index (χ1) is 8.15. The topological polar surface area (TPSA) is 38.4 Å². The highest BCUT2D eigenvalue weighted by molar-refractivity contribution is 5.98. The Kier molecular flexibility index (Phi) is 3.14. The van der Waals surface area contributed by atoms with E-state index in [9.17, 15) is 8.78 Å². The molecule has 0 bridgehead atoms. The van der Waals surface area contributed by atoms with E-state index >= 15 is 0 Å². The van der Waals surface area contributed by atoms with Crippen molar-refractivity contribution >= 4 is 11.5 Å². The second kappa shape index (κ2) is 4.74. The van der Waals surface area contributed by atoms with Crippen LogP contribution >= 0.6 is 0 Å². The average Bonchev–Trinajstić information content (AvgIpc) is 2.32. The fourth-order valence-electron chi connectivity index (χ4n) is 1.37. The molecule has 0 heterocycles. The van der Waals surface area contributed by atoms with Gasteiger partial charge in [0.25, 0.3) is 0 Å². The maximum atomic E-state index is 13.0. The van der Waals surface area contributed by atoms with E-state index < -0.39 is 0 Å². The van der Waals surface area contributed by atoms with E-state index in [2.05, 4.69) is 4.99 Å². The highest BCUT2D eigenvalue weighted by atomic mass is 19.1. The van der Waals surface area contributed by atoms with Crippen LogP contribution in [0.2, 0.25) is 0 Å². The van der Waals surface area contributed by atoms with Gasteiger partial charge >= 0.3 is 0 Å². The predicted octanol–water partition coefficient (Wildman–Crippen LogP) is 3.00. The second-order valence-electron chi connectivity index (χ2n) is 3.48. The van der Waals surface area contributed by atoms with Gasteiger partial charge in [0.15, 0.2) is 0 Å². The van der Waals surface area contributed by atoms with Crippen LogP contribution in [0, 0.1) is 11.6 Å². The van der Waals surface area contributed by atoms with Crippen molar-refractivity contribution in [1.82, 2.24) is 0 Å². The van der Waals surface area contributed by atoms with Crippen LogP contribution < -0.4 is 5.73 Å². The van der Waals surface area contributed by atoms with Gasteiger partial charge in [-0.15, -0.1) is 0 Å². The van der Waals surface area contributed by atoms with Crippen molar-refractivity contribution in [3.63, 3.8) is 0 Å². The molecule has 0 spiro atoms. The summed E-state index contributed by atoms with van der Waals surface area (Å²) < 4.78 is 25.6. The zero-order valence-electron chi connectivity index (χ0n) is 8.90. The van der Waals surface area contributed by atoms with Gasteiger partial charge in [0.05, 0.1) is 5.69 Å². The van der Waals surface area contributed by atoms with Gasteiger partial charge in [0.2, 0.25) is 0 Å². The highest BCUT2D eigenvalue weighted by Crippen LogP contribution is 2.13. The van der Waals surface area contributed by atoms with Gasteiger partial charge in [0.1, 0.15) is 17.5 Å². The van der Waals surface area contributed by atoms with Gasteiger partial charge in [0, 0.05) is 5.56 Å². The number of benzene rings is 2. The molecule has 0 aromatic heterocycles. The molecule has 0 aliphatic carbocycles. The monoisotopic (exact) mass is 232 g/mol. The molecule has 2 rings (SSSR count). The van der Waals surface area contributed by atoms with Crippen molar-refractivity contribution in [2.24, 2.45) is 10.7 Å². The lowest BCUT2D eigenvalue weighted by molar-refractivity contribution is 0.627. The molecular weight excluding hydrogens is 222 g/mol. The van der Waals surface area contributed by atoms with Crippen LogP contribution in [0.25, 0.3) is 0 Å². The lowest BCUT2D eigenvalue weighted by atomic mass is 10.2. The number of hydrogen-bond donors (Lipinski definition) is 1. The van der Waals surface area contributed by atoms with Crippen molar-refractivity contribution in [3.05, 3.63) is 65.7 Å². The van der Waals surface area contributed by atoms with E-state index in [1.807, 2.05) is 0 Å². The first kappa shape index (κ1) is 11.3. The molecule has 0 amide bonds. The molecule has 2 aromatic rings. The maximum absolute atomic E-state index is 13.0. The Morgan fingerprint density at radius 2 is 1.65 bits per heavy atom. The van der Waals surface area contributed by atoms with Crippen LogP contribution in [0.4, 0.5) is 14.5 Å². The number of aliphatic imine (C=N–C) groups is 1. The fraction of sp³-hybridized carbons (Fsp3) is 0. The molecular formula is C13H10F2N2. The second-order valence-corrected chi connectivity index (χ2v) is 3.48. The molecule has 2 nitrogen and oxygen atoms in total. The first-order valence-corrected chi connectivity index (χ1v) is 5.01. The molecule has 2 aromatic carbocycles. The summed E-state index contributed by atoms with van der Waals surface area (Å²) in [6.45, 7) is 0. The maximum Gasteiger partial charge on any atom is 0.131 e. The minimum Gasteiger partial charge on any atom is -0.383 e. The van der Waals surface area contributed by atoms with Crippen molar-refractivity contribution in [3.8, 4) is 0 Å². The minimum absolute atomic E-state index is 0.191. The van der Waals surface area contributed by atoms with Crippen LogP contribution in [0.3, 0.4) is 0 Å². The van der Waals surface area contributed by atoms with Crippen LogP contribution in [-0.2, 0) is 0 Å². The summed E-state index contributed by atoms with van der Waals surface area (Å²) in [5.74, 6) is -0.524. The van der Waals surface area contributed by atoms with E-state index in [1.165, 1.54) is 36.4 Å². The number of halogens is 2. The zero-order chi connectivity index (χ0) is 12.3. The molecule has 86 valence electrons. The summed E-state index contributed by atoms with van der Waals surface area (Å²) in [4.78, 5) is 4.07. The van der Waals surface area contributed by atoms with Crippen LogP contribution in [0.5, 0.6) is 0 Å². The molecule has 4 heteroatoms. The van der Waals surface area contributed by atoms with Gasteiger partial charge in [-0.1, -0.05) is 12.1 Å². The smallest absolute Gasteiger partial charge is 0.131 e. The van der Waals surface area contributed by atoms with E-state index in [4.69, 9.17) is 5.73 Å². The quantitative estimate of drug-likeness (QED) is 0.627. The average molecular weight is 232 g/mol. The fourth-order valence-corrected chi connectivity index (χ4v) is 1.37. The van der Waals surface area contributed by atoms with Crippen LogP contribution in [0.15, 0.2) is 53.5 Å². The Hall–Kier alpha value is -2.23. The molecule has 0 saturated carbocycles. The lowest BCUT2D eigenvalue weighted by Gasteiger charge is -2.01. The standard InChI is InChI=1S/C13H10F2N2/c14-10-4-6-12(7-5-10)17-13(16)9-2-1-3-11(15)8-9/h1-8H,(H2,16,17). The van der Waals surface area contributed by atoms with Crippen LogP contribution in [-0.4, -0.2) is 5.84 Å². The molecule has 0 unspecified atom stereocenters. The third kappa shape index (κ3) is 2.87. The number of nitrogens with two attached hydrogens (primary N) is 1. The summed E-state index contributed by atoms with van der Waals surface area (Å²) in [6.07, 6.45) is 0. The molecule has 0 radical (unpaired) electrons. The number of rotatable bonds is 2. The largest absolute Gasteiger partial charge is 0.383 e. The predicted molar refractivity (Wildman–Crippen MR) is 63.2 cm³/mol. The first-order valence-electron chi connectivity index (χ1n) is 5.01. The molecule has 0 aliphatic heterocycles. The molecule has 0 fully saturated rings. The molecule has 17 heavy (non-hydrogen) atoms. The Bertz CT molecular complexity index is 548. The Morgan fingerprint density at radius 3 is 2.29 bits per heavy atom. The highest BCUT2D eigenvalue weighted by Gasteiger charge is 2.00. The van der Waals surface area contributed by atoms with Crippen molar-refractivity contribution in [2.75, 3.05) is 0 Å². The Balaban J connectivity index is 2.30. The van der Waals surface area contributed by atoms with E-state index in [-0.39, 0.29) is 17.5 Å². The number of nitrogens with zero attached hydrogens (tertiary/aromatic N) is 1. The van der Waals surface area contributed by atoms with Crippen molar-refractivity contribution < 1.29 is 8.78 Å². The van der Waals surface area contributed by atoms with Crippen molar-refractivity contribution in [2.45, 2.75) is 0 Å².